The molecular weight excluding hydrogens is 558 g/mol. The van der Waals surface area contributed by atoms with Crippen LogP contribution in [0.2, 0.25) is 0 Å². The summed E-state index contributed by atoms with van der Waals surface area (Å²) >= 11 is 0. The smallest absolute Gasteiger partial charge is 0.243 e. The van der Waals surface area contributed by atoms with Crippen LogP contribution in [0, 0.1) is 0 Å². The predicted molar refractivity (Wildman–Crippen MR) is 167 cm³/mol. The Labute approximate surface area is 254 Å². The Balaban J connectivity index is 1.34. The van der Waals surface area contributed by atoms with Gasteiger partial charge in [0.2, 0.25) is 21.8 Å². The summed E-state index contributed by atoms with van der Waals surface area (Å²) in [6, 6.07) is 35.1. The molecule has 0 saturated heterocycles. The molecule has 4 aromatic rings. The van der Waals surface area contributed by atoms with E-state index in [1.807, 2.05) is 91.0 Å². The Morgan fingerprint density at radius 3 is 1.86 bits per heavy atom. The van der Waals surface area contributed by atoms with Gasteiger partial charge >= 0.3 is 0 Å². The number of sulfonamides is 1. The van der Waals surface area contributed by atoms with Gasteiger partial charge < -0.3 is 10.2 Å². The van der Waals surface area contributed by atoms with E-state index in [0.717, 1.165) is 35.1 Å². The largest absolute Gasteiger partial charge is 0.350 e. The maximum Gasteiger partial charge on any atom is 0.243 e. The number of amides is 2. The van der Waals surface area contributed by atoms with Crippen LogP contribution < -0.4 is 10.0 Å². The van der Waals surface area contributed by atoms with E-state index < -0.39 is 16.1 Å². The van der Waals surface area contributed by atoms with Gasteiger partial charge in [-0.1, -0.05) is 103 Å². The van der Waals surface area contributed by atoms with E-state index in [0.29, 0.717) is 25.9 Å². The molecule has 1 aliphatic carbocycles. The van der Waals surface area contributed by atoms with E-state index in [-0.39, 0.29) is 29.2 Å². The minimum atomic E-state index is -3.54. The van der Waals surface area contributed by atoms with Crippen LogP contribution in [0.3, 0.4) is 0 Å². The van der Waals surface area contributed by atoms with Crippen molar-refractivity contribution in [2.24, 2.45) is 0 Å². The second kappa shape index (κ2) is 14.3. The third kappa shape index (κ3) is 8.86. The van der Waals surface area contributed by atoms with Gasteiger partial charge in [-0.2, -0.15) is 0 Å². The third-order valence-electron chi connectivity index (χ3n) is 7.54. The van der Waals surface area contributed by atoms with Crippen molar-refractivity contribution in [1.82, 2.24) is 14.9 Å². The van der Waals surface area contributed by atoms with Crippen LogP contribution >= 0.6 is 0 Å². The van der Waals surface area contributed by atoms with Crippen molar-refractivity contribution in [2.45, 2.75) is 62.2 Å². The molecule has 1 saturated carbocycles. The lowest BCUT2D eigenvalue weighted by Crippen LogP contribution is -2.50. The van der Waals surface area contributed by atoms with E-state index >= 15 is 0 Å². The zero-order valence-electron chi connectivity index (χ0n) is 24.1. The van der Waals surface area contributed by atoms with Crippen LogP contribution in [0.4, 0.5) is 0 Å². The molecule has 0 heterocycles. The Morgan fingerprint density at radius 2 is 1.28 bits per heavy atom. The molecule has 8 heteroatoms. The van der Waals surface area contributed by atoms with Gasteiger partial charge in [-0.25, -0.2) is 13.1 Å². The predicted octanol–water partition coefficient (Wildman–Crippen LogP) is 5.02. The summed E-state index contributed by atoms with van der Waals surface area (Å²) in [6.07, 6.45) is 2.71. The summed E-state index contributed by atoms with van der Waals surface area (Å²) < 4.78 is 27.8. The number of hydrogen-bond acceptors (Lipinski definition) is 4. The number of carbonyl (C=O) groups is 2. The van der Waals surface area contributed by atoms with Crippen LogP contribution in [0.1, 0.15) is 41.5 Å². The molecule has 0 radical (unpaired) electrons. The highest BCUT2D eigenvalue weighted by Crippen LogP contribution is 2.23. The number of benzene rings is 4. The molecule has 0 aromatic heterocycles. The Bertz CT molecular complexity index is 1590. The second-order valence-corrected chi connectivity index (χ2v) is 12.7. The van der Waals surface area contributed by atoms with Crippen LogP contribution in [0.5, 0.6) is 0 Å². The number of rotatable bonds is 14. The average Bonchev–Trinajstić information content (AvgIpc) is 3.85. The summed E-state index contributed by atoms with van der Waals surface area (Å²) in [5.41, 5.74) is 3.73. The monoisotopic (exact) mass is 595 g/mol. The fourth-order valence-electron chi connectivity index (χ4n) is 4.96. The van der Waals surface area contributed by atoms with Gasteiger partial charge in [-0.3, -0.25) is 9.59 Å². The standard InChI is InChI=1S/C35H37N3O4S/c39-34(23-18-27-16-21-32(22-17-27)43(41,42)37-31-19-20-31)38(26-30-14-8-3-9-15-30)33(24-28-10-4-1-5-11-28)35(40)36-25-29-12-6-2-7-13-29/h1-17,21-22,31,33,37H,18-20,23-26H2,(H,36,40)/t33-/m1/s1. The Kier molecular flexibility index (Phi) is 10.0. The van der Waals surface area contributed by atoms with Crippen molar-refractivity contribution in [3.05, 3.63) is 138 Å². The lowest BCUT2D eigenvalue weighted by atomic mass is 10.0. The molecule has 0 spiro atoms. The minimum Gasteiger partial charge on any atom is -0.350 e. The van der Waals surface area contributed by atoms with Gasteiger partial charge in [0, 0.05) is 32.0 Å². The van der Waals surface area contributed by atoms with E-state index in [4.69, 9.17) is 0 Å². The highest BCUT2D eigenvalue weighted by molar-refractivity contribution is 7.89. The van der Waals surface area contributed by atoms with E-state index in [1.54, 1.807) is 29.2 Å². The first kappa shape index (κ1) is 30.2. The van der Waals surface area contributed by atoms with Gasteiger partial charge in [0.1, 0.15) is 6.04 Å². The van der Waals surface area contributed by atoms with Crippen molar-refractivity contribution in [3.63, 3.8) is 0 Å². The fourth-order valence-corrected chi connectivity index (χ4v) is 6.26. The van der Waals surface area contributed by atoms with Crippen LogP contribution in [0.15, 0.2) is 120 Å². The molecule has 5 rings (SSSR count). The SMILES string of the molecule is O=C(NCc1ccccc1)[C@@H](Cc1ccccc1)N(Cc1ccccc1)C(=O)CCc1ccc(S(=O)(=O)NC2CC2)cc1. The lowest BCUT2D eigenvalue weighted by Gasteiger charge is -2.31. The van der Waals surface area contributed by atoms with E-state index in [9.17, 15) is 18.0 Å². The summed E-state index contributed by atoms with van der Waals surface area (Å²) in [5.74, 6) is -0.360. The first-order chi connectivity index (χ1) is 20.9. The number of aryl methyl sites for hydroxylation is 1. The number of carbonyl (C=O) groups excluding carboxylic acids is 2. The molecule has 1 fully saturated rings. The molecule has 0 bridgehead atoms. The van der Waals surface area contributed by atoms with E-state index in [1.165, 1.54) is 0 Å². The summed E-state index contributed by atoms with van der Waals surface area (Å²) in [4.78, 5) is 29.6. The topological polar surface area (TPSA) is 95.6 Å². The number of nitrogens with zero attached hydrogens (tertiary/aromatic N) is 1. The minimum absolute atomic E-state index is 0.0339. The Hall–Kier alpha value is -4.27. The second-order valence-electron chi connectivity index (χ2n) is 11.0. The first-order valence-corrected chi connectivity index (χ1v) is 16.2. The van der Waals surface area contributed by atoms with Crippen molar-refractivity contribution in [1.29, 1.82) is 0 Å². The fraction of sp³-hybridized carbons (Fsp3) is 0.257. The molecular formula is C35H37N3O4S. The zero-order chi connectivity index (χ0) is 30.1. The molecule has 43 heavy (non-hydrogen) atoms. The van der Waals surface area contributed by atoms with Gasteiger partial charge in [-0.15, -0.1) is 0 Å². The van der Waals surface area contributed by atoms with Crippen molar-refractivity contribution in [3.8, 4) is 0 Å². The molecule has 0 unspecified atom stereocenters. The van der Waals surface area contributed by atoms with Crippen molar-refractivity contribution < 1.29 is 18.0 Å². The summed E-state index contributed by atoms with van der Waals surface area (Å²) in [5, 5.41) is 3.06. The number of hydrogen-bond donors (Lipinski definition) is 2. The van der Waals surface area contributed by atoms with Gasteiger partial charge in [-0.05, 0) is 53.6 Å². The maximum absolute atomic E-state index is 13.9. The highest BCUT2D eigenvalue weighted by atomic mass is 32.2. The number of nitrogens with one attached hydrogen (secondary N) is 2. The molecule has 4 aromatic carbocycles. The Morgan fingerprint density at radius 1 is 0.721 bits per heavy atom. The van der Waals surface area contributed by atoms with Gasteiger partial charge in [0.05, 0.1) is 4.90 Å². The van der Waals surface area contributed by atoms with Crippen molar-refractivity contribution in [2.75, 3.05) is 0 Å². The molecule has 1 atom stereocenters. The van der Waals surface area contributed by atoms with Crippen LogP contribution in [-0.2, 0) is 45.5 Å². The molecule has 7 nitrogen and oxygen atoms in total. The molecule has 2 amide bonds. The molecule has 2 N–H and O–H groups in total. The third-order valence-corrected chi connectivity index (χ3v) is 9.07. The molecule has 1 aliphatic rings. The highest BCUT2D eigenvalue weighted by Gasteiger charge is 2.30. The normalized spacial score (nSPS) is 13.7. The van der Waals surface area contributed by atoms with Crippen molar-refractivity contribution >= 4 is 21.8 Å². The van der Waals surface area contributed by atoms with Crippen LogP contribution in [0.25, 0.3) is 0 Å². The average molecular weight is 596 g/mol. The maximum atomic E-state index is 13.9. The van der Waals surface area contributed by atoms with Crippen LogP contribution in [-0.4, -0.2) is 37.2 Å². The zero-order valence-corrected chi connectivity index (χ0v) is 24.9. The summed E-state index contributed by atoms with van der Waals surface area (Å²) in [6.45, 7) is 0.656. The van der Waals surface area contributed by atoms with Gasteiger partial charge in [0.15, 0.2) is 0 Å². The molecule has 222 valence electrons. The quantitative estimate of drug-likeness (QED) is 0.214. The summed E-state index contributed by atoms with van der Waals surface area (Å²) in [7, 11) is -3.54. The van der Waals surface area contributed by atoms with Gasteiger partial charge in [0.25, 0.3) is 0 Å². The first-order valence-electron chi connectivity index (χ1n) is 14.7. The lowest BCUT2D eigenvalue weighted by molar-refractivity contribution is -0.141. The molecule has 0 aliphatic heterocycles. The van der Waals surface area contributed by atoms with E-state index in [2.05, 4.69) is 10.0 Å².